The van der Waals surface area contributed by atoms with E-state index in [1.54, 1.807) is 7.05 Å². The fourth-order valence-electron chi connectivity index (χ4n) is 1.64. The summed E-state index contributed by atoms with van der Waals surface area (Å²) < 4.78 is 13.6. The quantitative estimate of drug-likeness (QED) is 0.808. The molecule has 0 saturated carbocycles. The molecular formula is C13H20FN3O. The number of anilines is 1. The number of nitrogens with zero attached hydrogens (tertiary/aromatic N) is 2. The van der Waals surface area contributed by atoms with Crippen molar-refractivity contribution in [2.45, 2.75) is 6.42 Å². The molecule has 0 atom stereocenters. The zero-order valence-corrected chi connectivity index (χ0v) is 11.1. The van der Waals surface area contributed by atoms with Crippen molar-refractivity contribution >= 4 is 11.6 Å². The maximum absolute atomic E-state index is 13.6. The van der Waals surface area contributed by atoms with Gasteiger partial charge in [0.25, 0.3) is 5.91 Å². The number of carbonyl (C=O) groups is 1. The summed E-state index contributed by atoms with van der Waals surface area (Å²) in [6.07, 6.45) is 0.853. The summed E-state index contributed by atoms with van der Waals surface area (Å²) in [5.41, 5.74) is 5.83. The Morgan fingerprint density at radius 1 is 1.28 bits per heavy atom. The van der Waals surface area contributed by atoms with Crippen LogP contribution in [0.4, 0.5) is 10.1 Å². The summed E-state index contributed by atoms with van der Waals surface area (Å²) >= 11 is 0. The van der Waals surface area contributed by atoms with Crippen LogP contribution >= 0.6 is 0 Å². The molecule has 1 rings (SSSR count). The number of nitrogens with two attached hydrogens (primary N) is 1. The summed E-state index contributed by atoms with van der Waals surface area (Å²) in [7, 11) is 5.62. The van der Waals surface area contributed by atoms with E-state index in [1.807, 2.05) is 19.0 Å². The summed E-state index contributed by atoms with van der Waals surface area (Å²) in [6.45, 7) is 1.49. The number of hydrogen-bond acceptors (Lipinski definition) is 3. The van der Waals surface area contributed by atoms with Crippen LogP contribution in [0.5, 0.6) is 0 Å². The van der Waals surface area contributed by atoms with E-state index < -0.39 is 5.82 Å². The average molecular weight is 253 g/mol. The second-order valence-electron chi connectivity index (χ2n) is 4.62. The predicted molar refractivity (Wildman–Crippen MR) is 70.9 cm³/mol. The number of nitrogen functional groups attached to an aromatic ring is 1. The summed E-state index contributed by atoms with van der Waals surface area (Å²) in [5, 5.41) is 0. The maximum Gasteiger partial charge on any atom is 0.256 e. The van der Waals surface area contributed by atoms with E-state index in [1.165, 1.54) is 23.1 Å². The fraction of sp³-hybridized carbons (Fsp3) is 0.462. The molecule has 0 heterocycles. The minimum Gasteiger partial charge on any atom is -0.399 e. The van der Waals surface area contributed by atoms with Crippen LogP contribution in [0.3, 0.4) is 0 Å². The van der Waals surface area contributed by atoms with E-state index in [-0.39, 0.29) is 11.5 Å². The smallest absolute Gasteiger partial charge is 0.256 e. The van der Waals surface area contributed by atoms with E-state index in [4.69, 9.17) is 5.73 Å². The van der Waals surface area contributed by atoms with Crippen molar-refractivity contribution in [2.75, 3.05) is 40.0 Å². The Morgan fingerprint density at radius 3 is 2.50 bits per heavy atom. The van der Waals surface area contributed by atoms with Crippen LogP contribution in [-0.4, -0.2) is 49.9 Å². The summed E-state index contributed by atoms with van der Waals surface area (Å²) in [4.78, 5) is 15.6. The number of halogens is 1. The van der Waals surface area contributed by atoms with Crippen LogP contribution in [-0.2, 0) is 0 Å². The Labute approximate surface area is 107 Å². The molecule has 4 nitrogen and oxygen atoms in total. The second kappa shape index (κ2) is 6.35. The first kappa shape index (κ1) is 14.4. The lowest BCUT2D eigenvalue weighted by Gasteiger charge is -2.19. The third kappa shape index (κ3) is 4.00. The molecule has 0 unspecified atom stereocenters. The molecule has 0 aliphatic rings. The summed E-state index contributed by atoms with van der Waals surface area (Å²) in [5.74, 6) is -0.884. The Bertz CT molecular complexity index is 421. The van der Waals surface area contributed by atoms with Gasteiger partial charge >= 0.3 is 0 Å². The topological polar surface area (TPSA) is 49.6 Å². The van der Waals surface area contributed by atoms with Gasteiger partial charge in [-0.3, -0.25) is 4.79 Å². The molecule has 0 saturated heterocycles. The van der Waals surface area contributed by atoms with Crippen molar-refractivity contribution in [2.24, 2.45) is 0 Å². The molecule has 0 radical (unpaired) electrons. The predicted octanol–water partition coefficient (Wildman–Crippen LogP) is 1.43. The molecule has 1 amide bonds. The number of amides is 1. The second-order valence-corrected chi connectivity index (χ2v) is 4.62. The number of benzene rings is 1. The Balaban J connectivity index is 2.63. The van der Waals surface area contributed by atoms with Crippen LogP contribution < -0.4 is 5.73 Å². The molecule has 5 heteroatoms. The van der Waals surface area contributed by atoms with Gasteiger partial charge in [0.1, 0.15) is 5.82 Å². The Hall–Kier alpha value is -1.62. The molecule has 0 bridgehead atoms. The van der Waals surface area contributed by atoms with E-state index in [9.17, 15) is 9.18 Å². The lowest BCUT2D eigenvalue weighted by atomic mass is 10.1. The molecular weight excluding hydrogens is 233 g/mol. The maximum atomic E-state index is 13.6. The number of carbonyl (C=O) groups excluding carboxylic acids is 1. The molecule has 1 aromatic carbocycles. The Morgan fingerprint density at radius 2 is 1.94 bits per heavy atom. The van der Waals surface area contributed by atoms with Gasteiger partial charge in [-0.1, -0.05) is 0 Å². The molecule has 0 fully saturated rings. The zero-order valence-electron chi connectivity index (χ0n) is 11.1. The van der Waals surface area contributed by atoms with Crippen LogP contribution in [0.1, 0.15) is 16.8 Å². The van der Waals surface area contributed by atoms with Crippen molar-refractivity contribution < 1.29 is 9.18 Å². The van der Waals surface area contributed by atoms with Crippen molar-refractivity contribution in [3.63, 3.8) is 0 Å². The molecule has 0 aromatic heterocycles. The SMILES string of the molecule is CN(C)CCCN(C)C(=O)c1ccc(N)cc1F. The standard InChI is InChI=1S/C13H20FN3O/c1-16(2)7-4-8-17(3)13(18)11-6-5-10(15)9-12(11)14/h5-6,9H,4,7-8,15H2,1-3H3. The summed E-state index contributed by atoms with van der Waals surface area (Å²) in [6, 6.07) is 4.13. The molecule has 18 heavy (non-hydrogen) atoms. The van der Waals surface area contributed by atoms with Crippen molar-refractivity contribution in [3.05, 3.63) is 29.6 Å². The average Bonchev–Trinajstić information content (AvgIpc) is 2.27. The monoisotopic (exact) mass is 253 g/mol. The Kier molecular flexibility index (Phi) is 5.09. The molecule has 1 aromatic rings. The molecule has 2 N–H and O–H groups in total. The van der Waals surface area contributed by atoms with Gasteiger partial charge in [-0.25, -0.2) is 4.39 Å². The zero-order chi connectivity index (χ0) is 13.7. The third-order valence-electron chi connectivity index (χ3n) is 2.67. The van der Waals surface area contributed by atoms with E-state index in [0.29, 0.717) is 12.2 Å². The lowest BCUT2D eigenvalue weighted by Crippen LogP contribution is -2.30. The van der Waals surface area contributed by atoms with Gasteiger partial charge < -0.3 is 15.5 Å². The minimum atomic E-state index is -0.570. The highest BCUT2D eigenvalue weighted by Gasteiger charge is 2.15. The van der Waals surface area contributed by atoms with Gasteiger partial charge in [0.15, 0.2) is 0 Å². The number of hydrogen-bond donors (Lipinski definition) is 1. The highest BCUT2D eigenvalue weighted by molar-refractivity contribution is 5.94. The molecule has 100 valence electrons. The van der Waals surface area contributed by atoms with Gasteiger partial charge in [-0.2, -0.15) is 0 Å². The van der Waals surface area contributed by atoms with Gasteiger partial charge in [-0.05, 0) is 45.3 Å². The van der Waals surface area contributed by atoms with Crippen LogP contribution in [0.15, 0.2) is 18.2 Å². The van der Waals surface area contributed by atoms with Crippen molar-refractivity contribution in [1.82, 2.24) is 9.80 Å². The first-order valence-corrected chi connectivity index (χ1v) is 5.87. The fourth-order valence-corrected chi connectivity index (χ4v) is 1.64. The van der Waals surface area contributed by atoms with E-state index >= 15 is 0 Å². The molecule has 0 aliphatic carbocycles. The highest BCUT2D eigenvalue weighted by atomic mass is 19.1. The van der Waals surface area contributed by atoms with E-state index in [2.05, 4.69) is 0 Å². The van der Waals surface area contributed by atoms with Crippen molar-refractivity contribution in [1.29, 1.82) is 0 Å². The normalized spacial score (nSPS) is 10.7. The molecule has 0 spiro atoms. The van der Waals surface area contributed by atoms with Gasteiger partial charge in [-0.15, -0.1) is 0 Å². The van der Waals surface area contributed by atoms with Crippen LogP contribution in [0.25, 0.3) is 0 Å². The van der Waals surface area contributed by atoms with Gasteiger partial charge in [0.05, 0.1) is 5.56 Å². The van der Waals surface area contributed by atoms with Gasteiger partial charge in [0, 0.05) is 19.3 Å². The molecule has 0 aliphatic heterocycles. The van der Waals surface area contributed by atoms with Gasteiger partial charge in [0.2, 0.25) is 0 Å². The van der Waals surface area contributed by atoms with Crippen LogP contribution in [0, 0.1) is 5.82 Å². The first-order chi connectivity index (χ1) is 8.41. The van der Waals surface area contributed by atoms with Crippen molar-refractivity contribution in [3.8, 4) is 0 Å². The van der Waals surface area contributed by atoms with E-state index in [0.717, 1.165) is 13.0 Å². The lowest BCUT2D eigenvalue weighted by molar-refractivity contribution is 0.0786. The highest BCUT2D eigenvalue weighted by Crippen LogP contribution is 2.13. The third-order valence-corrected chi connectivity index (χ3v) is 2.67. The number of rotatable bonds is 5. The minimum absolute atomic E-state index is 0.0663. The first-order valence-electron chi connectivity index (χ1n) is 5.87. The largest absolute Gasteiger partial charge is 0.399 e. The van der Waals surface area contributed by atoms with Crippen LogP contribution in [0.2, 0.25) is 0 Å².